The number of hydrogen-bond acceptors (Lipinski definition) is 3. The van der Waals surface area contributed by atoms with Gasteiger partial charge in [-0.2, -0.15) is 0 Å². The van der Waals surface area contributed by atoms with E-state index in [-0.39, 0.29) is 6.23 Å². The van der Waals surface area contributed by atoms with E-state index in [0.29, 0.717) is 6.10 Å². The molecule has 1 N–H and O–H groups in total. The maximum Gasteiger partial charge on any atom is 0.139 e. The van der Waals surface area contributed by atoms with Crippen molar-refractivity contribution >= 4 is 0 Å². The van der Waals surface area contributed by atoms with E-state index in [2.05, 4.69) is 6.92 Å². The summed E-state index contributed by atoms with van der Waals surface area (Å²) >= 11 is 0. The maximum absolute atomic E-state index is 9.30. The molecule has 0 aromatic heterocycles. The van der Waals surface area contributed by atoms with Crippen molar-refractivity contribution in [2.75, 3.05) is 7.05 Å². The summed E-state index contributed by atoms with van der Waals surface area (Å²) in [5.41, 5.74) is 0. The SMILES string of the molecule is CCCCCC[C@H]1OC1N(C)C(C)O. The molecule has 1 rings (SSSR count). The first-order valence-electron chi connectivity index (χ1n) is 5.72. The van der Waals surface area contributed by atoms with Gasteiger partial charge in [0, 0.05) is 0 Å². The molecule has 0 aliphatic carbocycles. The van der Waals surface area contributed by atoms with Crippen LogP contribution in [0.1, 0.15) is 46.0 Å². The van der Waals surface area contributed by atoms with Crippen LogP contribution >= 0.6 is 0 Å². The summed E-state index contributed by atoms with van der Waals surface area (Å²) in [6.07, 6.45) is 6.43. The van der Waals surface area contributed by atoms with E-state index in [9.17, 15) is 5.11 Å². The summed E-state index contributed by atoms with van der Waals surface area (Å²) in [6, 6.07) is 0. The molecular formula is C11H23NO2. The van der Waals surface area contributed by atoms with Gasteiger partial charge in [-0.25, -0.2) is 0 Å². The first kappa shape index (κ1) is 12.0. The van der Waals surface area contributed by atoms with Crippen LogP contribution in [0.3, 0.4) is 0 Å². The molecule has 3 heteroatoms. The van der Waals surface area contributed by atoms with Crippen molar-refractivity contribution < 1.29 is 9.84 Å². The fourth-order valence-corrected chi connectivity index (χ4v) is 1.69. The zero-order chi connectivity index (χ0) is 10.6. The fraction of sp³-hybridized carbons (Fsp3) is 1.00. The van der Waals surface area contributed by atoms with Crippen LogP contribution in [-0.2, 0) is 4.74 Å². The summed E-state index contributed by atoms with van der Waals surface area (Å²) in [5, 5.41) is 9.30. The Labute approximate surface area is 87.1 Å². The normalized spacial score (nSPS) is 28.1. The molecule has 1 fully saturated rings. The number of aliphatic hydroxyl groups is 1. The van der Waals surface area contributed by atoms with Crippen molar-refractivity contribution in [3.05, 3.63) is 0 Å². The number of aliphatic hydroxyl groups excluding tert-OH is 1. The third kappa shape index (κ3) is 3.56. The highest BCUT2D eigenvalue weighted by molar-refractivity contribution is 4.83. The third-order valence-electron chi connectivity index (χ3n) is 2.89. The predicted octanol–water partition coefficient (Wildman–Crippen LogP) is 1.95. The molecule has 0 bridgehead atoms. The standard InChI is InChI=1S/C11H23NO2/c1-4-5-6-7-8-10-11(14-10)12(3)9(2)13/h9-11,13H,4-8H2,1-3H3/t9?,10-,11?/m1/s1. The molecule has 0 radical (unpaired) electrons. The highest BCUT2D eigenvalue weighted by Crippen LogP contribution is 2.30. The Morgan fingerprint density at radius 1 is 1.36 bits per heavy atom. The van der Waals surface area contributed by atoms with Crippen LogP contribution in [-0.4, -0.2) is 35.6 Å². The Balaban J connectivity index is 2.02. The van der Waals surface area contributed by atoms with Gasteiger partial charge < -0.3 is 9.84 Å². The van der Waals surface area contributed by atoms with Gasteiger partial charge in [-0.1, -0.05) is 32.6 Å². The van der Waals surface area contributed by atoms with Crippen molar-refractivity contribution in [1.82, 2.24) is 4.90 Å². The van der Waals surface area contributed by atoms with Crippen molar-refractivity contribution in [2.45, 2.75) is 64.5 Å². The number of unbranched alkanes of at least 4 members (excludes halogenated alkanes) is 3. The topological polar surface area (TPSA) is 36.0 Å². The van der Waals surface area contributed by atoms with Gasteiger partial charge >= 0.3 is 0 Å². The molecular weight excluding hydrogens is 178 g/mol. The molecule has 0 amide bonds. The van der Waals surface area contributed by atoms with Crippen LogP contribution in [0.5, 0.6) is 0 Å². The number of likely N-dealkylation sites (N-methyl/N-ethyl adjacent to an activating group) is 1. The number of hydrogen-bond donors (Lipinski definition) is 1. The molecule has 0 aromatic rings. The van der Waals surface area contributed by atoms with Crippen molar-refractivity contribution in [3.63, 3.8) is 0 Å². The van der Waals surface area contributed by atoms with Gasteiger partial charge in [-0.15, -0.1) is 0 Å². The minimum Gasteiger partial charge on any atom is -0.379 e. The fourth-order valence-electron chi connectivity index (χ4n) is 1.69. The van der Waals surface area contributed by atoms with Crippen molar-refractivity contribution in [1.29, 1.82) is 0 Å². The molecule has 3 nitrogen and oxygen atoms in total. The van der Waals surface area contributed by atoms with E-state index in [4.69, 9.17) is 4.74 Å². The van der Waals surface area contributed by atoms with E-state index in [1.54, 1.807) is 6.92 Å². The molecule has 1 heterocycles. The second kappa shape index (κ2) is 5.69. The Hall–Kier alpha value is -0.120. The molecule has 84 valence electrons. The van der Waals surface area contributed by atoms with Gasteiger partial charge in [0.15, 0.2) is 0 Å². The molecule has 2 unspecified atom stereocenters. The predicted molar refractivity (Wildman–Crippen MR) is 56.9 cm³/mol. The summed E-state index contributed by atoms with van der Waals surface area (Å²) in [7, 11) is 1.90. The van der Waals surface area contributed by atoms with Gasteiger partial charge in [0.1, 0.15) is 12.5 Å². The molecule has 1 aliphatic rings. The molecule has 0 aromatic carbocycles. The first-order valence-corrected chi connectivity index (χ1v) is 5.72. The Kier molecular flexibility index (Phi) is 4.85. The Morgan fingerprint density at radius 2 is 2.07 bits per heavy atom. The molecule has 3 atom stereocenters. The lowest BCUT2D eigenvalue weighted by Gasteiger charge is -2.16. The second-order valence-corrected chi connectivity index (χ2v) is 4.21. The average molecular weight is 201 g/mol. The number of epoxide rings is 1. The highest BCUT2D eigenvalue weighted by atomic mass is 16.6. The molecule has 1 aliphatic heterocycles. The smallest absolute Gasteiger partial charge is 0.139 e. The van der Waals surface area contributed by atoms with Crippen LogP contribution in [0.15, 0.2) is 0 Å². The summed E-state index contributed by atoms with van der Waals surface area (Å²) in [6.45, 7) is 3.99. The van der Waals surface area contributed by atoms with Gasteiger partial charge in [-0.05, 0) is 20.4 Å². The van der Waals surface area contributed by atoms with E-state index >= 15 is 0 Å². The summed E-state index contributed by atoms with van der Waals surface area (Å²) < 4.78 is 5.49. The third-order valence-corrected chi connectivity index (χ3v) is 2.89. The lowest BCUT2D eigenvalue weighted by molar-refractivity contribution is 0.00813. The minimum absolute atomic E-state index is 0.164. The lowest BCUT2D eigenvalue weighted by atomic mass is 10.1. The average Bonchev–Trinajstić information content (AvgIpc) is 2.90. The van der Waals surface area contributed by atoms with Crippen molar-refractivity contribution in [3.8, 4) is 0 Å². The second-order valence-electron chi connectivity index (χ2n) is 4.21. The zero-order valence-electron chi connectivity index (χ0n) is 9.57. The number of rotatable bonds is 7. The minimum atomic E-state index is -0.402. The van der Waals surface area contributed by atoms with Crippen LogP contribution < -0.4 is 0 Å². The van der Waals surface area contributed by atoms with E-state index in [1.165, 1.54) is 25.7 Å². The van der Waals surface area contributed by atoms with E-state index in [1.807, 2.05) is 11.9 Å². The quantitative estimate of drug-likeness (QED) is 0.388. The molecule has 0 saturated carbocycles. The molecule has 0 spiro atoms. The summed E-state index contributed by atoms with van der Waals surface area (Å²) in [5.74, 6) is 0. The van der Waals surface area contributed by atoms with Gasteiger partial charge in [0.25, 0.3) is 0 Å². The molecule has 1 saturated heterocycles. The monoisotopic (exact) mass is 201 g/mol. The summed E-state index contributed by atoms with van der Waals surface area (Å²) in [4.78, 5) is 1.88. The lowest BCUT2D eigenvalue weighted by Crippen LogP contribution is -2.32. The highest BCUT2D eigenvalue weighted by Gasteiger charge is 2.42. The van der Waals surface area contributed by atoms with Crippen LogP contribution in [0.4, 0.5) is 0 Å². The Morgan fingerprint density at radius 3 is 2.64 bits per heavy atom. The van der Waals surface area contributed by atoms with E-state index < -0.39 is 6.23 Å². The van der Waals surface area contributed by atoms with Crippen LogP contribution in [0.2, 0.25) is 0 Å². The number of nitrogens with zero attached hydrogens (tertiary/aromatic N) is 1. The number of ether oxygens (including phenoxy) is 1. The Bertz CT molecular complexity index is 161. The van der Waals surface area contributed by atoms with Crippen molar-refractivity contribution in [2.24, 2.45) is 0 Å². The van der Waals surface area contributed by atoms with Crippen LogP contribution in [0, 0.1) is 0 Å². The van der Waals surface area contributed by atoms with Gasteiger partial charge in [0.2, 0.25) is 0 Å². The largest absolute Gasteiger partial charge is 0.379 e. The van der Waals surface area contributed by atoms with Crippen LogP contribution in [0.25, 0.3) is 0 Å². The maximum atomic E-state index is 9.30. The first-order chi connectivity index (χ1) is 6.66. The van der Waals surface area contributed by atoms with Gasteiger partial charge in [-0.3, -0.25) is 4.90 Å². The van der Waals surface area contributed by atoms with Gasteiger partial charge in [0.05, 0.1) is 6.10 Å². The molecule has 14 heavy (non-hydrogen) atoms. The van der Waals surface area contributed by atoms with E-state index in [0.717, 1.165) is 6.42 Å². The zero-order valence-corrected chi connectivity index (χ0v) is 9.57.